The molecule has 0 radical (unpaired) electrons. The lowest BCUT2D eigenvalue weighted by Crippen LogP contribution is -2.32. The number of benzene rings is 3. The SMILES string of the molecule is Cc1ccc(NC2=C(Sc3ccc(Cl)cc3)C(=O)N(c3ccc(Cl)c(Cl)c3)C2=O)cc1C. The molecule has 0 fully saturated rings. The zero-order valence-corrected chi connectivity index (χ0v) is 20.2. The molecule has 4 rings (SSSR count). The highest BCUT2D eigenvalue weighted by atomic mass is 35.5. The Morgan fingerprint density at radius 2 is 1.50 bits per heavy atom. The Morgan fingerprint density at radius 3 is 2.16 bits per heavy atom. The van der Waals surface area contributed by atoms with E-state index < -0.39 is 11.8 Å². The van der Waals surface area contributed by atoms with Crippen LogP contribution < -0.4 is 10.2 Å². The molecule has 0 aromatic heterocycles. The number of thioether (sulfide) groups is 1. The quantitative estimate of drug-likeness (QED) is 0.372. The Balaban J connectivity index is 1.76. The van der Waals surface area contributed by atoms with Crippen LogP contribution in [-0.4, -0.2) is 11.8 Å². The number of hydrogen-bond donors (Lipinski definition) is 1. The molecular formula is C24H17Cl3N2O2S. The zero-order valence-electron chi connectivity index (χ0n) is 17.1. The predicted octanol–water partition coefficient (Wildman–Crippen LogP) is 7.25. The maximum absolute atomic E-state index is 13.4. The van der Waals surface area contributed by atoms with Crippen LogP contribution >= 0.6 is 46.6 Å². The molecule has 3 aromatic carbocycles. The van der Waals surface area contributed by atoms with Crippen LogP contribution in [0.3, 0.4) is 0 Å². The van der Waals surface area contributed by atoms with Gasteiger partial charge < -0.3 is 5.32 Å². The molecule has 32 heavy (non-hydrogen) atoms. The van der Waals surface area contributed by atoms with Crippen molar-refractivity contribution >= 4 is 69.8 Å². The van der Waals surface area contributed by atoms with Crippen molar-refractivity contribution in [1.82, 2.24) is 0 Å². The largest absolute Gasteiger partial charge is 0.350 e. The van der Waals surface area contributed by atoms with Crippen LogP contribution in [0.25, 0.3) is 0 Å². The molecule has 3 aromatic rings. The van der Waals surface area contributed by atoms with Gasteiger partial charge in [0.15, 0.2) is 0 Å². The third kappa shape index (κ3) is 4.52. The minimum atomic E-state index is -0.469. The predicted molar refractivity (Wildman–Crippen MR) is 133 cm³/mol. The number of anilines is 2. The molecule has 0 spiro atoms. The van der Waals surface area contributed by atoms with Crippen LogP contribution in [0.1, 0.15) is 11.1 Å². The van der Waals surface area contributed by atoms with Crippen LogP contribution in [0.5, 0.6) is 0 Å². The van der Waals surface area contributed by atoms with Gasteiger partial charge in [-0.15, -0.1) is 0 Å². The van der Waals surface area contributed by atoms with E-state index in [1.807, 2.05) is 32.0 Å². The fourth-order valence-corrected chi connectivity index (χ4v) is 4.50. The van der Waals surface area contributed by atoms with E-state index in [0.29, 0.717) is 15.7 Å². The number of imide groups is 1. The summed E-state index contributed by atoms with van der Waals surface area (Å²) >= 11 is 19.3. The van der Waals surface area contributed by atoms with E-state index in [1.165, 1.54) is 17.8 Å². The van der Waals surface area contributed by atoms with Crippen molar-refractivity contribution in [2.75, 3.05) is 10.2 Å². The Kier molecular flexibility index (Phi) is 6.54. The second-order valence-electron chi connectivity index (χ2n) is 7.23. The molecule has 1 heterocycles. The molecule has 2 amide bonds. The van der Waals surface area contributed by atoms with Gasteiger partial charge in [-0.25, -0.2) is 4.90 Å². The molecule has 1 N–H and O–H groups in total. The molecule has 1 aliphatic heterocycles. The summed E-state index contributed by atoms with van der Waals surface area (Å²) in [5.74, 6) is -0.914. The van der Waals surface area contributed by atoms with Gasteiger partial charge in [-0.05, 0) is 79.6 Å². The minimum absolute atomic E-state index is 0.198. The number of halogens is 3. The fourth-order valence-electron chi connectivity index (χ4n) is 3.16. The van der Waals surface area contributed by atoms with Crippen molar-refractivity contribution in [3.05, 3.63) is 97.5 Å². The zero-order chi connectivity index (χ0) is 23.0. The average Bonchev–Trinajstić information content (AvgIpc) is 2.98. The summed E-state index contributed by atoms with van der Waals surface area (Å²) < 4.78 is 0. The third-order valence-electron chi connectivity index (χ3n) is 5.01. The van der Waals surface area contributed by atoms with Gasteiger partial charge in [-0.2, -0.15) is 0 Å². The van der Waals surface area contributed by atoms with Crippen LogP contribution in [-0.2, 0) is 9.59 Å². The van der Waals surface area contributed by atoms with Crippen molar-refractivity contribution in [2.45, 2.75) is 18.7 Å². The summed E-state index contributed by atoms with van der Waals surface area (Å²) in [4.78, 5) is 28.9. The summed E-state index contributed by atoms with van der Waals surface area (Å²) in [5.41, 5.74) is 3.46. The van der Waals surface area contributed by atoms with Crippen LogP contribution in [0.4, 0.5) is 11.4 Å². The Morgan fingerprint density at radius 1 is 0.781 bits per heavy atom. The molecule has 0 saturated heterocycles. The highest BCUT2D eigenvalue weighted by Crippen LogP contribution is 2.39. The van der Waals surface area contributed by atoms with Gasteiger partial charge in [0.05, 0.1) is 15.7 Å². The lowest BCUT2D eigenvalue weighted by molar-refractivity contribution is -0.120. The molecule has 4 nitrogen and oxygen atoms in total. The van der Waals surface area contributed by atoms with Gasteiger partial charge >= 0.3 is 0 Å². The van der Waals surface area contributed by atoms with E-state index >= 15 is 0 Å². The Bertz CT molecular complexity index is 1270. The third-order valence-corrected chi connectivity index (χ3v) is 7.09. The number of hydrogen-bond acceptors (Lipinski definition) is 4. The summed E-state index contributed by atoms with van der Waals surface area (Å²) in [6, 6.07) is 17.5. The molecule has 1 aliphatic rings. The van der Waals surface area contributed by atoms with Crippen LogP contribution in [0.2, 0.25) is 15.1 Å². The van der Waals surface area contributed by atoms with E-state index in [9.17, 15) is 9.59 Å². The number of carbonyl (C=O) groups is 2. The van der Waals surface area contributed by atoms with Gasteiger partial charge in [-0.1, -0.05) is 52.6 Å². The second-order valence-corrected chi connectivity index (χ2v) is 9.56. The molecule has 0 bridgehead atoms. The molecule has 8 heteroatoms. The maximum Gasteiger partial charge on any atom is 0.283 e. The van der Waals surface area contributed by atoms with E-state index in [2.05, 4.69) is 5.32 Å². The number of nitrogens with one attached hydrogen (secondary N) is 1. The van der Waals surface area contributed by atoms with Crippen LogP contribution in [0, 0.1) is 13.8 Å². The summed E-state index contributed by atoms with van der Waals surface area (Å²) in [6.07, 6.45) is 0. The smallest absolute Gasteiger partial charge is 0.283 e. The average molecular weight is 504 g/mol. The lowest BCUT2D eigenvalue weighted by Gasteiger charge is -2.16. The standard InChI is InChI=1S/C24H17Cl3N2O2S/c1-13-3-6-16(11-14(13)2)28-21-22(32-18-8-4-15(25)5-9-18)24(31)29(23(21)30)17-7-10-19(26)20(27)12-17/h3-12,28H,1-2H3. The summed E-state index contributed by atoms with van der Waals surface area (Å²) in [7, 11) is 0. The van der Waals surface area contributed by atoms with Crippen molar-refractivity contribution in [2.24, 2.45) is 0 Å². The second kappa shape index (κ2) is 9.20. The van der Waals surface area contributed by atoms with E-state index in [-0.39, 0.29) is 15.6 Å². The first-order valence-electron chi connectivity index (χ1n) is 9.60. The van der Waals surface area contributed by atoms with E-state index in [0.717, 1.165) is 26.6 Å². The molecule has 0 unspecified atom stereocenters. The fraction of sp³-hybridized carbons (Fsp3) is 0.0833. The highest BCUT2D eigenvalue weighted by molar-refractivity contribution is 8.04. The van der Waals surface area contributed by atoms with Gasteiger partial charge in [-0.3, -0.25) is 9.59 Å². The number of rotatable bonds is 5. The molecule has 0 saturated carbocycles. The highest BCUT2D eigenvalue weighted by Gasteiger charge is 2.40. The number of carbonyl (C=O) groups excluding carboxylic acids is 2. The first-order chi connectivity index (χ1) is 15.2. The summed E-state index contributed by atoms with van der Waals surface area (Å²) in [5, 5.41) is 4.34. The van der Waals surface area contributed by atoms with Crippen molar-refractivity contribution in [1.29, 1.82) is 0 Å². The number of aryl methyl sites for hydroxylation is 2. The van der Waals surface area contributed by atoms with E-state index in [1.54, 1.807) is 36.4 Å². The first kappa shape index (κ1) is 22.7. The van der Waals surface area contributed by atoms with Gasteiger partial charge in [0.2, 0.25) is 0 Å². The van der Waals surface area contributed by atoms with Crippen LogP contribution in [0.15, 0.2) is 76.2 Å². The number of nitrogens with zero attached hydrogens (tertiary/aromatic N) is 1. The Labute approximate surface area is 205 Å². The van der Waals surface area contributed by atoms with Gasteiger partial charge in [0.25, 0.3) is 11.8 Å². The minimum Gasteiger partial charge on any atom is -0.350 e. The van der Waals surface area contributed by atoms with E-state index in [4.69, 9.17) is 34.8 Å². The maximum atomic E-state index is 13.4. The first-order valence-corrected chi connectivity index (χ1v) is 11.6. The van der Waals surface area contributed by atoms with Gasteiger partial charge in [0.1, 0.15) is 10.6 Å². The Hall–Kier alpha value is -2.44. The lowest BCUT2D eigenvalue weighted by atomic mass is 10.1. The molecule has 162 valence electrons. The number of amides is 2. The van der Waals surface area contributed by atoms with Crippen molar-refractivity contribution in [3.63, 3.8) is 0 Å². The van der Waals surface area contributed by atoms with Gasteiger partial charge in [0, 0.05) is 15.6 Å². The molecule has 0 atom stereocenters. The summed E-state index contributed by atoms with van der Waals surface area (Å²) in [6.45, 7) is 4.00. The molecular weight excluding hydrogens is 487 g/mol. The molecule has 0 aliphatic carbocycles. The van der Waals surface area contributed by atoms with Crippen molar-refractivity contribution in [3.8, 4) is 0 Å². The normalized spacial score (nSPS) is 13.8. The topological polar surface area (TPSA) is 49.4 Å². The van der Waals surface area contributed by atoms with Crippen molar-refractivity contribution < 1.29 is 9.59 Å². The monoisotopic (exact) mass is 502 g/mol.